The van der Waals surface area contributed by atoms with Gasteiger partial charge >= 0.3 is 5.97 Å². The van der Waals surface area contributed by atoms with Gasteiger partial charge < -0.3 is 18.9 Å². The number of carbonyl (C=O) groups is 1. The van der Waals surface area contributed by atoms with Crippen LogP contribution in [0.2, 0.25) is 0 Å². The summed E-state index contributed by atoms with van der Waals surface area (Å²) in [6.45, 7) is 2.76. The fourth-order valence-corrected chi connectivity index (χ4v) is 3.42. The highest BCUT2D eigenvalue weighted by molar-refractivity contribution is 5.89. The van der Waals surface area contributed by atoms with Gasteiger partial charge in [-0.3, -0.25) is 0 Å². The first-order valence-electron chi connectivity index (χ1n) is 7.40. The molecule has 2 saturated heterocycles. The summed E-state index contributed by atoms with van der Waals surface area (Å²) in [5.74, 6) is -5.88. The minimum Gasteiger partial charge on any atom is -0.459 e. The summed E-state index contributed by atoms with van der Waals surface area (Å²) in [4.78, 5) is 11.9. The second kappa shape index (κ2) is 4.49. The molecule has 0 bridgehead atoms. The van der Waals surface area contributed by atoms with E-state index in [1.807, 2.05) is 0 Å². The molecule has 3 fully saturated rings. The molecule has 1 aromatic rings. The maximum atomic E-state index is 14.2. The number of esters is 1. The second-order valence-corrected chi connectivity index (χ2v) is 6.52. The standard InChI is InChI=1S/C16H16F2O5/c1-14(2)21-10-11-15(16(11,17)18,23-13(10)22-14)8-20-12(19)9-6-4-3-5-7-9/h3-7,10-11,13H,8H2,1-2H3/t10-,11-,13+,15+/m0/s1. The first-order chi connectivity index (χ1) is 10.8. The van der Waals surface area contributed by atoms with Crippen molar-refractivity contribution >= 4 is 5.97 Å². The van der Waals surface area contributed by atoms with Crippen molar-refractivity contribution < 1.29 is 32.5 Å². The van der Waals surface area contributed by atoms with Crippen LogP contribution in [0.15, 0.2) is 30.3 Å². The van der Waals surface area contributed by atoms with Gasteiger partial charge in [0.25, 0.3) is 5.92 Å². The monoisotopic (exact) mass is 326 g/mol. The van der Waals surface area contributed by atoms with E-state index < -0.39 is 48.2 Å². The average molecular weight is 326 g/mol. The van der Waals surface area contributed by atoms with E-state index >= 15 is 0 Å². The largest absolute Gasteiger partial charge is 0.459 e. The van der Waals surface area contributed by atoms with Crippen molar-refractivity contribution in [3.05, 3.63) is 35.9 Å². The van der Waals surface area contributed by atoms with Crippen LogP contribution >= 0.6 is 0 Å². The molecule has 1 saturated carbocycles. The summed E-state index contributed by atoms with van der Waals surface area (Å²) < 4.78 is 49.8. The molecule has 124 valence electrons. The lowest BCUT2D eigenvalue weighted by Gasteiger charge is -2.21. The molecule has 23 heavy (non-hydrogen) atoms. The summed E-state index contributed by atoms with van der Waals surface area (Å²) >= 11 is 0. The highest BCUT2D eigenvalue weighted by atomic mass is 19.3. The molecule has 0 amide bonds. The van der Waals surface area contributed by atoms with Crippen molar-refractivity contribution in [2.45, 2.75) is 43.6 Å². The zero-order chi connectivity index (χ0) is 16.5. The number of fused-ring (bicyclic) bond motifs is 3. The number of benzene rings is 1. The third-order valence-electron chi connectivity index (χ3n) is 4.54. The summed E-state index contributed by atoms with van der Waals surface area (Å²) in [5.41, 5.74) is -1.54. The Morgan fingerprint density at radius 3 is 2.57 bits per heavy atom. The number of rotatable bonds is 3. The summed E-state index contributed by atoms with van der Waals surface area (Å²) in [7, 11) is 0. The van der Waals surface area contributed by atoms with E-state index in [1.165, 1.54) is 0 Å². The van der Waals surface area contributed by atoms with Crippen LogP contribution in [0.4, 0.5) is 8.78 Å². The molecule has 2 aliphatic heterocycles. The number of alkyl halides is 2. The Morgan fingerprint density at radius 2 is 1.87 bits per heavy atom. The van der Waals surface area contributed by atoms with Gasteiger partial charge in [0.15, 0.2) is 17.7 Å². The van der Waals surface area contributed by atoms with Crippen molar-refractivity contribution in [2.24, 2.45) is 5.92 Å². The Bertz CT molecular complexity index is 647. The minimum absolute atomic E-state index is 0.302. The Morgan fingerprint density at radius 1 is 1.17 bits per heavy atom. The molecule has 7 heteroatoms. The minimum atomic E-state index is -3.10. The molecular formula is C16H16F2O5. The molecule has 3 aliphatic rings. The van der Waals surface area contributed by atoms with Gasteiger partial charge in [0, 0.05) is 0 Å². The Hall–Kier alpha value is -1.57. The van der Waals surface area contributed by atoms with Gasteiger partial charge in [0.1, 0.15) is 12.7 Å². The van der Waals surface area contributed by atoms with Crippen molar-refractivity contribution in [1.29, 1.82) is 0 Å². The first kappa shape index (κ1) is 15.0. The van der Waals surface area contributed by atoms with Crippen molar-refractivity contribution in [1.82, 2.24) is 0 Å². The molecule has 0 N–H and O–H groups in total. The quantitative estimate of drug-likeness (QED) is 0.798. The second-order valence-electron chi connectivity index (χ2n) is 6.52. The van der Waals surface area contributed by atoms with Crippen LogP contribution in [0, 0.1) is 5.92 Å². The number of ether oxygens (including phenoxy) is 4. The Balaban J connectivity index is 1.47. The van der Waals surface area contributed by atoms with Gasteiger partial charge in [-0.05, 0) is 26.0 Å². The highest BCUT2D eigenvalue weighted by Gasteiger charge is 2.91. The fraction of sp³-hybridized carbons (Fsp3) is 0.562. The van der Waals surface area contributed by atoms with Crippen LogP contribution in [-0.2, 0) is 18.9 Å². The third-order valence-corrected chi connectivity index (χ3v) is 4.54. The molecule has 0 unspecified atom stereocenters. The lowest BCUT2D eigenvalue weighted by Crippen LogP contribution is -2.35. The SMILES string of the molecule is CC1(C)O[C@@H]2O[C@]3(COC(=O)c4ccccc4)[C@H]([C@@H]2O1)C3(F)F. The van der Waals surface area contributed by atoms with Crippen molar-refractivity contribution in [2.75, 3.05) is 6.61 Å². The Labute approximate surface area is 131 Å². The van der Waals surface area contributed by atoms with E-state index in [0.29, 0.717) is 5.56 Å². The molecule has 2 heterocycles. The molecule has 5 nitrogen and oxygen atoms in total. The van der Waals surface area contributed by atoms with Crippen molar-refractivity contribution in [3.63, 3.8) is 0 Å². The third kappa shape index (κ3) is 2.03. The van der Waals surface area contributed by atoms with E-state index in [0.717, 1.165) is 0 Å². The fourth-order valence-electron chi connectivity index (χ4n) is 3.42. The number of hydrogen-bond donors (Lipinski definition) is 0. The van der Waals surface area contributed by atoms with Crippen LogP contribution in [0.25, 0.3) is 0 Å². The molecule has 1 aromatic carbocycles. The normalized spacial score (nSPS) is 38.7. The van der Waals surface area contributed by atoms with Crippen molar-refractivity contribution in [3.8, 4) is 0 Å². The van der Waals surface area contributed by atoms with Gasteiger partial charge in [0.05, 0.1) is 11.5 Å². The maximum absolute atomic E-state index is 14.2. The molecule has 4 atom stereocenters. The molecule has 0 radical (unpaired) electrons. The van der Waals surface area contributed by atoms with Gasteiger partial charge in [0.2, 0.25) is 0 Å². The predicted molar refractivity (Wildman–Crippen MR) is 72.8 cm³/mol. The van der Waals surface area contributed by atoms with E-state index in [2.05, 4.69) is 0 Å². The molecule has 0 spiro atoms. The molecule has 4 rings (SSSR count). The van der Waals surface area contributed by atoms with Crippen LogP contribution in [0.5, 0.6) is 0 Å². The van der Waals surface area contributed by atoms with Crippen LogP contribution < -0.4 is 0 Å². The first-order valence-corrected chi connectivity index (χ1v) is 7.40. The average Bonchev–Trinajstić information content (AvgIpc) is 2.73. The lowest BCUT2D eigenvalue weighted by molar-refractivity contribution is -0.226. The van der Waals surface area contributed by atoms with Crippen LogP contribution in [0.1, 0.15) is 24.2 Å². The molecule has 0 aromatic heterocycles. The van der Waals surface area contributed by atoms with E-state index in [-0.39, 0.29) is 0 Å². The zero-order valence-electron chi connectivity index (χ0n) is 12.6. The van der Waals surface area contributed by atoms with Gasteiger partial charge in [-0.25, -0.2) is 13.6 Å². The molecule has 1 aliphatic carbocycles. The molecular weight excluding hydrogens is 310 g/mol. The van der Waals surface area contributed by atoms with Gasteiger partial charge in [-0.15, -0.1) is 0 Å². The van der Waals surface area contributed by atoms with Crippen LogP contribution in [-0.4, -0.2) is 42.3 Å². The van der Waals surface area contributed by atoms with E-state index in [4.69, 9.17) is 18.9 Å². The summed E-state index contributed by atoms with van der Waals surface area (Å²) in [5, 5.41) is 0. The lowest BCUT2D eigenvalue weighted by atomic mass is 10.2. The summed E-state index contributed by atoms with van der Waals surface area (Å²) in [6.07, 6.45) is -1.71. The Kier molecular flexibility index (Phi) is 2.93. The van der Waals surface area contributed by atoms with Gasteiger partial charge in [-0.2, -0.15) is 0 Å². The van der Waals surface area contributed by atoms with Crippen LogP contribution in [0.3, 0.4) is 0 Å². The number of hydrogen-bond acceptors (Lipinski definition) is 5. The summed E-state index contributed by atoms with van der Waals surface area (Å²) in [6, 6.07) is 8.20. The zero-order valence-corrected chi connectivity index (χ0v) is 12.6. The maximum Gasteiger partial charge on any atom is 0.338 e. The topological polar surface area (TPSA) is 54.0 Å². The number of carbonyl (C=O) groups excluding carboxylic acids is 1. The smallest absolute Gasteiger partial charge is 0.338 e. The highest BCUT2D eigenvalue weighted by Crippen LogP contribution is 2.70. The number of halogens is 2. The predicted octanol–water partition coefficient (Wildman–Crippen LogP) is 2.36. The van der Waals surface area contributed by atoms with E-state index in [1.54, 1.807) is 44.2 Å². The van der Waals surface area contributed by atoms with E-state index in [9.17, 15) is 13.6 Å². The van der Waals surface area contributed by atoms with Gasteiger partial charge in [-0.1, -0.05) is 18.2 Å².